The molecule has 0 spiro atoms. The number of rotatable bonds is 1. The Balaban J connectivity index is 2.39. The van der Waals surface area contributed by atoms with Crippen molar-refractivity contribution in [2.75, 3.05) is 0 Å². The molecule has 13 heavy (non-hydrogen) atoms. The first-order valence-corrected chi connectivity index (χ1v) is 4.62. The molecule has 0 radical (unpaired) electrons. The van der Waals surface area contributed by atoms with Crippen LogP contribution in [0.25, 0.3) is 0 Å². The van der Waals surface area contributed by atoms with Gasteiger partial charge in [-0.3, -0.25) is 0 Å². The van der Waals surface area contributed by atoms with Crippen molar-refractivity contribution in [2.24, 2.45) is 12.8 Å². The Kier molecular flexibility index (Phi) is 2.09. The second kappa shape index (κ2) is 3.12. The highest BCUT2D eigenvalue weighted by Gasteiger charge is 2.21. The van der Waals surface area contributed by atoms with Crippen LogP contribution in [0, 0.1) is 0 Å². The molecule has 0 saturated heterocycles. The van der Waals surface area contributed by atoms with Crippen LogP contribution in [0.5, 0.6) is 0 Å². The topological polar surface area (TPSA) is 64.1 Å². The first-order valence-electron chi connectivity index (χ1n) is 4.62. The Labute approximate surface area is 77.4 Å². The highest BCUT2D eigenvalue weighted by atomic mass is 16.3. The van der Waals surface area contributed by atoms with Gasteiger partial charge in [0.25, 0.3) is 0 Å². The lowest BCUT2D eigenvalue weighted by Gasteiger charge is -2.17. The van der Waals surface area contributed by atoms with Gasteiger partial charge in [-0.05, 0) is 12.8 Å². The maximum Gasteiger partial charge on any atom is 0.134 e. The van der Waals surface area contributed by atoms with Crippen LogP contribution in [-0.2, 0) is 26.5 Å². The van der Waals surface area contributed by atoms with Gasteiger partial charge in [-0.25, -0.2) is 4.98 Å². The van der Waals surface area contributed by atoms with E-state index in [1.807, 2.05) is 11.6 Å². The van der Waals surface area contributed by atoms with Gasteiger partial charge < -0.3 is 15.4 Å². The maximum atomic E-state index is 9.02. The van der Waals surface area contributed by atoms with Crippen LogP contribution in [0.1, 0.15) is 23.6 Å². The van der Waals surface area contributed by atoms with Crippen molar-refractivity contribution < 1.29 is 5.11 Å². The zero-order valence-corrected chi connectivity index (χ0v) is 7.82. The second-order valence-corrected chi connectivity index (χ2v) is 3.64. The van der Waals surface area contributed by atoms with E-state index >= 15 is 0 Å². The maximum absolute atomic E-state index is 9.02. The zero-order chi connectivity index (χ0) is 9.42. The third-order valence-electron chi connectivity index (χ3n) is 2.74. The first-order chi connectivity index (χ1) is 6.22. The molecule has 0 fully saturated rings. The summed E-state index contributed by atoms with van der Waals surface area (Å²) in [4.78, 5) is 4.35. The smallest absolute Gasteiger partial charge is 0.134 e. The minimum Gasteiger partial charge on any atom is -0.388 e. The predicted molar refractivity (Wildman–Crippen MR) is 49.1 cm³/mol. The van der Waals surface area contributed by atoms with Crippen LogP contribution in [0.2, 0.25) is 0 Å². The first kappa shape index (κ1) is 8.72. The fourth-order valence-corrected chi connectivity index (χ4v) is 1.93. The number of aliphatic hydroxyl groups excluding tert-OH is 1. The molecule has 1 aromatic heterocycles. The molecule has 4 nitrogen and oxygen atoms in total. The summed E-state index contributed by atoms with van der Waals surface area (Å²) < 4.78 is 1.99. The molecule has 3 N–H and O–H groups in total. The Morgan fingerprint density at radius 1 is 1.69 bits per heavy atom. The van der Waals surface area contributed by atoms with E-state index < -0.39 is 0 Å². The molecular formula is C9H15N3O. The molecule has 1 aliphatic carbocycles. The van der Waals surface area contributed by atoms with Gasteiger partial charge in [0.2, 0.25) is 0 Å². The van der Waals surface area contributed by atoms with E-state index in [0.717, 1.165) is 30.8 Å². The number of hydrogen-bond acceptors (Lipinski definition) is 3. The summed E-state index contributed by atoms with van der Waals surface area (Å²) in [6.07, 6.45) is 2.86. The Morgan fingerprint density at radius 3 is 3.15 bits per heavy atom. The van der Waals surface area contributed by atoms with Gasteiger partial charge >= 0.3 is 0 Å². The summed E-state index contributed by atoms with van der Waals surface area (Å²) in [5, 5.41) is 9.02. The van der Waals surface area contributed by atoms with E-state index in [4.69, 9.17) is 10.8 Å². The summed E-state index contributed by atoms with van der Waals surface area (Å²) >= 11 is 0. The zero-order valence-electron chi connectivity index (χ0n) is 7.82. The number of hydrogen-bond donors (Lipinski definition) is 2. The number of aliphatic hydroxyl groups is 1. The fraction of sp³-hybridized carbons (Fsp3) is 0.667. The predicted octanol–water partition coefficient (Wildman–Crippen LogP) is -0.272. The summed E-state index contributed by atoms with van der Waals surface area (Å²) in [5.41, 5.74) is 8.15. The normalized spacial score (nSPS) is 21.6. The van der Waals surface area contributed by atoms with Crippen molar-refractivity contribution >= 4 is 0 Å². The minimum atomic E-state index is 0.0126. The highest BCUT2D eigenvalue weighted by molar-refractivity contribution is 5.21. The summed E-state index contributed by atoms with van der Waals surface area (Å²) in [5.74, 6) is 0.749. The quantitative estimate of drug-likeness (QED) is 0.626. The van der Waals surface area contributed by atoms with Crippen molar-refractivity contribution in [3.63, 3.8) is 0 Å². The van der Waals surface area contributed by atoms with Crippen molar-refractivity contribution in [1.29, 1.82) is 0 Å². The van der Waals surface area contributed by atoms with Crippen LogP contribution in [-0.4, -0.2) is 20.7 Å². The molecule has 0 bridgehead atoms. The molecule has 0 aliphatic heterocycles. The molecule has 1 heterocycles. The van der Waals surface area contributed by atoms with Gasteiger partial charge in [0.15, 0.2) is 0 Å². The molecule has 2 rings (SSSR count). The molecule has 0 saturated carbocycles. The van der Waals surface area contributed by atoms with Crippen LogP contribution >= 0.6 is 0 Å². The van der Waals surface area contributed by atoms with Gasteiger partial charge in [-0.1, -0.05) is 0 Å². The van der Waals surface area contributed by atoms with Crippen molar-refractivity contribution in [3.05, 3.63) is 17.2 Å². The Morgan fingerprint density at radius 2 is 2.46 bits per heavy atom. The van der Waals surface area contributed by atoms with Crippen molar-refractivity contribution in [3.8, 4) is 0 Å². The van der Waals surface area contributed by atoms with Crippen LogP contribution in [0.4, 0.5) is 0 Å². The Bertz CT molecular complexity index is 319. The van der Waals surface area contributed by atoms with E-state index in [1.165, 1.54) is 5.69 Å². The third-order valence-corrected chi connectivity index (χ3v) is 2.74. The van der Waals surface area contributed by atoms with E-state index in [2.05, 4.69) is 4.98 Å². The molecule has 0 amide bonds. The van der Waals surface area contributed by atoms with Gasteiger partial charge in [-0.2, -0.15) is 0 Å². The number of imidazole rings is 1. The third kappa shape index (κ3) is 1.36. The number of nitrogens with two attached hydrogens (primary N) is 1. The van der Waals surface area contributed by atoms with E-state index in [1.54, 1.807) is 0 Å². The summed E-state index contributed by atoms with van der Waals surface area (Å²) in [7, 11) is 1.95. The van der Waals surface area contributed by atoms with Gasteiger partial charge in [-0.15, -0.1) is 0 Å². The van der Waals surface area contributed by atoms with Crippen LogP contribution in [0.15, 0.2) is 0 Å². The van der Waals surface area contributed by atoms with Gasteiger partial charge in [0, 0.05) is 25.2 Å². The molecule has 1 aliphatic rings. The molecule has 1 unspecified atom stereocenters. The largest absolute Gasteiger partial charge is 0.388 e. The molecule has 4 heteroatoms. The van der Waals surface area contributed by atoms with Crippen molar-refractivity contribution in [2.45, 2.75) is 31.9 Å². The van der Waals surface area contributed by atoms with E-state index in [0.29, 0.717) is 0 Å². The molecule has 1 aromatic rings. The number of fused-ring (bicyclic) bond motifs is 1. The van der Waals surface area contributed by atoms with Gasteiger partial charge in [0.1, 0.15) is 12.4 Å². The summed E-state index contributed by atoms with van der Waals surface area (Å²) in [6.45, 7) is 0.0126. The van der Waals surface area contributed by atoms with E-state index in [9.17, 15) is 0 Å². The lowest BCUT2D eigenvalue weighted by molar-refractivity contribution is 0.267. The minimum absolute atomic E-state index is 0.0126. The molecular weight excluding hydrogens is 166 g/mol. The monoisotopic (exact) mass is 181 g/mol. The number of nitrogens with zero attached hydrogens (tertiary/aromatic N) is 2. The molecule has 1 atom stereocenters. The summed E-state index contributed by atoms with van der Waals surface area (Å²) in [6, 6.07) is 0.244. The average molecular weight is 181 g/mol. The molecule has 0 aromatic carbocycles. The highest BCUT2D eigenvalue weighted by Crippen LogP contribution is 2.20. The van der Waals surface area contributed by atoms with Crippen LogP contribution in [0.3, 0.4) is 0 Å². The van der Waals surface area contributed by atoms with Gasteiger partial charge in [0.05, 0.1) is 5.69 Å². The fourth-order valence-electron chi connectivity index (χ4n) is 1.93. The number of aromatic nitrogens is 2. The second-order valence-electron chi connectivity index (χ2n) is 3.64. The lowest BCUT2D eigenvalue weighted by atomic mass is 9.97. The van der Waals surface area contributed by atoms with E-state index in [-0.39, 0.29) is 12.6 Å². The standard InChI is InChI=1S/C9H15N3O/c1-12-8-3-2-6(10)4-7(8)11-9(12)5-13/h6,13H,2-5,10H2,1H3. The van der Waals surface area contributed by atoms with Crippen LogP contribution < -0.4 is 5.73 Å². The average Bonchev–Trinajstić information content (AvgIpc) is 2.42. The van der Waals surface area contributed by atoms with Crippen molar-refractivity contribution in [1.82, 2.24) is 9.55 Å². The SMILES string of the molecule is Cn1c(CO)nc2c1CCC(N)C2. The molecule has 72 valence electrons. The Hall–Kier alpha value is -0.870. The lowest BCUT2D eigenvalue weighted by Crippen LogP contribution is -2.28.